The maximum Gasteiger partial charge on any atom is 0.129 e. The zero-order chi connectivity index (χ0) is 10.8. The van der Waals surface area contributed by atoms with Gasteiger partial charge in [0.15, 0.2) is 0 Å². The monoisotopic (exact) mass is 205 g/mol. The Morgan fingerprint density at radius 2 is 2.20 bits per heavy atom. The van der Waals surface area contributed by atoms with Gasteiger partial charge in [0.1, 0.15) is 5.82 Å². The van der Waals surface area contributed by atoms with Gasteiger partial charge in [-0.1, -0.05) is 6.07 Å². The van der Waals surface area contributed by atoms with Crippen LogP contribution in [0.1, 0.15) is 18.2 Å². The van der Waals surface area contributed by atoms with E-state index in [9.17, 15) is 0 Å². The zero-order valence-electron chi connectivity index (χ0n) is 9.75. The quantitative estimate of drug-likeness (QED) is 0.753. The van der Waals surface area contributed by atoms with Crippen molar-refractivity contribution in [1.82, 2.24) is 10.3 Å². The van der Waals surface area contributed by atoms with Crippen molar-refractivity contribution in [1.29, 1.82) is 0 Å². The van der Waals surface area contributed by atoms with Crippen molar-refractivity contribution in [2.24, 2.45) is 0 Å². The van der Waals surface area contributed by atoms with Crippen molar-refractivity contribution in [3.63, 3.8) is 0 Å². The lowest BCUT2D eigenvalue weighted by Crippen LogP contribution is -2.50. The summed E-state index contributed by atoms with van der Waals surface area (Å²) in [7, 11) is 0. The molecule has 1 atom stereocenters. The van der Waals surface area contributed by atoms with E-state index in [1.54, 1.807) is 0 Å². The predicted octanol–water partition coefficient (Wildman–Crippen LogP) is 1.50. The Morgan fingerprint density at radius 1 is 1.40 bits per heavy atom. The molecular formula is C12H19N3. The number of nitrogens with one attached hydrogen (secondary N) is 1. The van der Waals surface area contributed by atoms with E-state index in [0.717, 1.165) is 31.1 Å². The van der Waals surface area contributed by atoms with Crippen LogP contribution >= 0.6 is 0 Å². The summed E-state index contributed by atoms with van der Waals surface area (Å²) >= 11 is 0. The van der Waals surface area contributed by atoms with Crippen LogP contribution in [0, 0.1) is 13.8 Å². The normalized spacial score (nSPS) is 21.8. The van der Waals surface area contributed by atoms with Gasteiger partial charge in [-0.15, -0.1) is 0 Å². The molecule has 0 saturated carbocycles. The van der Waals surface area contributed by atoms with Gasteiger partial charge in [0.05, 0.1) is 0 Å². The zero-order valence-corrected chi connectivity index (χ0v) is 9.75. The van der Waals surface area contributed by atoms with Gasteiger partial charge >= 0.3 is 0 Å². The molecule has 0 radical (unpaired) electrons. The molecule has 1 aromatic heterocycles. The van der Waals surface area contributed by atoms with Crippen molar-refractivity contribution in [2.75, 3.05) is 24.5 Å². The number of hydrogen-bond acceptors (Lipinski definition) is 3. The highest BCUT2D eigenvalue weighted by molar-refractivity contribution is 5.43. The minimum atomic E-state index is 0.536. The molecule has 1 fully saturated rings. The highest BCUT2D eigenvalue weighted by atomic mass is 15.3. The summed E-state index contributed by atoms with van der Waals surface area (Å²) in [5.41, 5.74) is 2.40. The van der Waals surface area contributed by atoms with Crippen molar-refractivity contribution in [3.05, 3.63) is 23.4 Å². The molecular weight excluding hydrogens is 186 g/mol. The second-order valence-electron chi connectivity index (χ2n) is 4.32. The number of piperazine rings is 1. The lowest BCUT2D eigenvalue weighted by atomic mass is 10.2. The fourth-order valence-electron chi connectivity index (χ4n) is 1.96. The van der Waals surface area contributed by atoms with E-state index in [0.29, 0.717) is 6.04 Å². The van der Waals surface area contributed by atoms with E-state index in [1.165, 1.54) is 5.56 Å². The molecule has 15 heavy (non-hydrogen) atoms. The molecule has 0 bridgehead atoms. The minimum Gasteiger partial charge on any atom is -0.351 e. The van der Waals surface area contributed by atoms with Crippen molar-refractivity contribution < 1.29 is 0 Å². The van der Waals surface area contributed by atoms with Crippen LogP contribution in [0.5, 0.6) is 0 Å². The highest BCUT2D eigenvalue weighted by Gasteiger charge is 2.19. The summed E-state index contributed by atoms with van der Waals surface area (Å²) in [5.74, 6) is 1.12. The van der Waals surface area contributed by atoms with Crippen LogP contribution in [0.3, 0.4) is 0 Å². The van der Waals surface area contributed by atoms with Crippen molar-refractivity contribution >= 4 is 5.82 Å². The van der Waals surface area contributed by atoms with Gasteiger partial charge in [-0.05, 0) is 32.4 Å². The molecule has 2 rings (SSSR count). The Labute approximate surface area is 91.5 Å². The highest BCUT2D eigenvalue weighted by Crippen LogP contribution is 2.17. The van der Waals surface area contributed by atoms with Gasteiger partial charge < -0.3 is 10.2 Å². The van der Waals surface area contributed by atoms with Gasteiger partial charge in [-0.3, -0.25) is 0 Å². The van der Waals surface area contributed by atoms with Gasteiger partial charge in [0.25, 0.3) is 0 Å². The number of rotatable bonds is 1. The minimum absolute atomic E-state index is 0.536. The summed E-state index contributed by atoms with van der Waals surface area (Å²) in [6.07, 6.45) is 0. The number of pyridine rings is 1. The summed E-state index contributed by atoms with van der Waals surface area (Å²) in [4.78, 5) is 7.02. The lowest BCUT2D eigenvalue weighted by Gasteiger charge is -2.35. The van der Waals surface area contributed by atoms with Crippen LogP contribution in [-0.2, 0) is 0 Å². The van der Waals surface area contributed by atoms with Gasteiger partial charge in [0, 0.05) is 31.4 Å². The number of aromatic nitrogens is 1. The Morgan fingerprint density at radius 3 is 2.87 bits per heavy atom. The molecule has 0 aromatic carbocycles. The molecule has 1 N–H and O–H groups in total. The first-order chi connectivity index (χ1) is 7.18. The molecule has 3 heteroatoms. The first-order valence-electron chi connectivity index (χ1n) is 5.60. The Bertz CT molecular complexity index is 349. The number of hydrogen-bond donors (Lipinski definition) is 1. The SMILES string of the molecule is Cc1ccc(N2CCNC[C@H]2C)nc1C. The molecule has 1 saturated heterocycles. The van der Waals surface area contributed by atoms with Crippen molar-refractivity contribution in [3.8, 4) is 0 Å². The van der Waals surface area contributed by atoms with Gasteiger partial charge in [-0.25, -0.2) is 4.98 Å². The first kappa shape index (κ1) is 10.4. The molecule has 2 heterocycles. The number of anilines is 1. The van der Waals surface area contributed by atoms with Crippen LogP contribution in [0.15, 0.2) is 12.1 Å². The summed E-state index contributed by atoms with van der Waals surface area (Å²) in [6, 6.07) is 4.82. The molecule has 3 nitrogen and oxygen atoms in total. The van der Waals surface area contributed by atoms with E-state index >= 15 is 0 Å². The van der Waals surface area contributed by atoms with Crippen LogP contribution in [0.25, 0.3) is 0 Å². The van der Waals surface area contributed by atoms with Crippen LogP contribution < -0.4 is 10.2 Å². The second kappa shape index (κ2) is 4.19. The van der Waals surface area contributed by atoms with E-state index < -0.39 is 0 Å². The largest absolute Gasteiger partial charge is 0.351 e. The summed E-state index contributed by atoms with van der Waals surface area (Å²) in [6.45, 7) is 9.58. The summed E-state index contributed by atoms with van der Waals surface area (Å²) < 4.78 is 0. The van der Waals surface area contributed by atoms with Crippen LogP contribution in [-0.4, -0.2) is 30.7 Å². The molecule has 0 spiro atoms. The third-order valence-corrected chi connectivity index (χ3v) is 3.13. The fraction of sp³-hybridized carbons (Fsp3) is 0.583. The standard InChI is InChI=1S/C12H19N3/c1-9-4-5-12(14-11(9)3)15-7-6-13-8-10(15)2/h4-5,10,13H,6-8H2,1-3H3/t10-/m1/s1. The molecule has 1 aromatic rings. The molecule has 0 unspecified atom stereocenters. The third-order valence-electron chi connectivity index (χ3n) is 3.13. The number of nitrogens with zero attached hydrogens (tertiary/aromatic N) is 2. The average Bonchev–Trinajstić information content (AvgIpc) is 2.23. The smallest absolute Gasteiger partial charge is 0.129 e. The maximum atomic E-state index is 4.64. The van der Waals surface area contributed by atoms with Crippen LogP contribution in [0.2, 0.25) is 0 Å². The van der Waals surface area contributed by atoms with E-state index in [1.807, 2.05) is 0 Å². The predicted molar refractivity (Wildman–Crippen MR) is 63.4 cm³/mol. The summed E-state index contributed by atoms with van der Waals surface area (Å²) in [5, 5.41) is 3.39. The first-order valence-corrected chi connectivity index (χ1v) is 5.60. The van der Waals surface area contributed by atoms with Gasteiger partial charge in [0.2, 0.25) is 0 Å². The third kappa shape index (κ3) is 2.12. The van der Waals surface area contributed by atoms with Crippen LogP contribution in [0.4, 0.5) is 5.82 Å². The Kier molecular flexibility index (Phi) is 2.91. The number of aryl methyl sites for hydroxylation is 2. The van der Waals surface area contributed by atoms with Gasteiger partial charge in [-0.2, -0.15) is 0 Å². The molecule has 1 aliphatic rings. The van der Waals surface area contributed by atoms with E-state index in [-0.39, 0.29) is 0 Å². The molecule has 1 aliphatic heterocycles. The fourth-order valence-corrected chi connectivity index (χ4v) is 1.96. The Balaban J connectivity index is 2.24. The van der Waals surface area contributed by atoms with Crippen molar-refractivity contribution in [2.45, 2.75) is 26.8 Å². The Hall–Kier alpha value is -1.09. The van der Waals surface area contributed by atoms with E-state index in [2.05, 4.69) is 48.1 Å². The maximum absolute atomic E-state index is 4.64. The van der Waals surface area contributed by atoms with E-state index in [4.69, 9.17) is 0 Å². The molecule has 0 aliphatic carbocycles. The molecule has 82 valence electrons. The lowest BCUT2D eigenvalue weighted by molar-refractivity contribution is 0.497. The topological polar surface area (TPSA) is 28.2 Å². The average molecular weight is 205 g/mol. The second-order valence-corrected chi connectivity index (χ2v) is 4.32. The molecule has 0 amide bonds.